The van der Waals surface area contributed by atoms with E-state index >= 15 is 0 Å². The average Bonchev–Trinajstić information content (AvgIpc) is 2.19. The Hall–Kier alpha value is -2.05. The molecule has 15 heavy (non-hydrogen) atoms. The van der Waals surface area contributed by atoms with Crippen LogP contribution in [-0.4, -0.2) is 29.0 Å². The van der Waals surface area contributed by atoms with Crippen molar-refractivity contribution in [1.29, 1.82) is 0 Å². The highest BCUT2D eigenvalue weighted by atomic mass is 16.1. The van der Waals surface area contributed by atoms with Gasteiger partial charge in [0.2, 0.25) is 5.91 Å². The number of rotatable bonds is 4. The smallest absolute Gasteiger partial charge is 0.276 e. The summed E-state index contributed by atoms with van der Waals surface area (Å²) in [7, 11) is 0. The molecule has 1 aromatic heterocycles. The first kappa shape index (κ1) is 11.0. The number of likely N-dealkylation sites (N-methyl/N-ethyl adjacent to an activating group) is 1. The van der Waals surface area contributed by atoms with Crippen molar-refractivity contribution in [2.75, 3.05) is 23.7 Å². The zero-order chi connectivity index (χ0) is 11.4. The second-order valence-electron chi connectivity index (χ2n) is 2.95. The number of aromatic amines is 1. The molecule has 0 radical (unpaired) electrons. The molecular formula is C8H13N5O2. The number of aromatic nitrogens is 2. The number of hydrogen-bond acceptors (Lipinski definition) is 5. The molecule has 7 nitrogen and oxygen atoms in total. The second-order valence-corrected chi connectivity index (χ2v) is 2.95. The number of carbonyl (C=O) groups excluding carboxylic acids is 1. The lowest BCUT2D eigenvalue weighted by molar-refractivity contribution is -0.116. The summed E-state index contributed by atoms with van der Waals surface area (Å²) in [5.74, 6) is -0.224. The maximum Gasteiger partial charge on any atom is 0.276 e. The van der Waals surface area contributed by atoms with E-state index in [1.807, 2.05) is 6.92 Å². The molecule has 1 amide bonds. The third-order valence-electron chi connectivity index (χ3n) is 1.90. The van der Waals surface area contributed by atoms with Crippen LogP contribution in [0.25, 0.3) is 0 Å². The van der Waals surface area contributed by atoms with Crippen LogP contribution in [0.15, 0.2) is 11.1 Å². The van der Waals surface area contributed by atoms with E-state index in [0.717, 1.165) is 0 Å². The first-order valence-electron chi connectivity index (χ1n) is 4.42. The molecule has 0 spiro atoms. The highest BCUT2D eigenvalue weighted by Gasteiger charge is 2.13. The van der Waals surface area contributed by atoms with Crippen LogP contribution in [0.3, 0.4) is 0 Å². The molecule has 0 aliphatic heterocycles. The van der Waals surface area contributed by atoms with Crippen molar-refractivity contribution in [3.63, 3.8) is 0 Å². The Morgan fingerprint density at radius 2 is 2.33 bits per heavy atom. The molecule has 1 aromatic rings. The van der Waals surface area contributed by atoms with E-state index < -0.39 is 11.5 Å². The van der Waals surface area contributed by atoms with Crippen LogP contribution < -0.4 is 21.9 Å². The normalized spacial score (nSPS) is 9.93. The summed E-state index contributed by atoms with van der Waals surface area (Å²) < 4.78 is 0. The lowest BCUT2D eigenvalue weighted by atomic mass is 10.4. The number of hydrogen-bond donors (Lipinski definition) is 3. The van der Waals surface area contributed by atoms with Crippen molar-refractivity contribution in [2.45, 2.75) is 6.92 Å². The molecule has 0 saturated carbocycles. The summed E-state index contributed by atoms with van der Waals surface area (Å²) in [6.07, 6.45) is 1.23. The monoisotopic (exact) mass is 211 g/mol. The van der Waals surface area contributed by atoms with E-state index in [1.165, 1.54) is 11.2 Å². The molecule has 0 saturated heterocycles. The van der Waals surface area contributed by atoms with Gasteiger partial charge in [0.25, 0.3) is 5.56 Å². The molecule has 0 fully saturated rings. The van der Waals surface area contributed by atoms with Crippen molar-refractivity contribution in [1.82, 2.24) is 9.97 Å². The van der Waals surface area contributed by atoms with Crippen molar-refractivity contribution in [3.05, 3.63) is 16.7 Å². The largest absolute Gasteiger partial charge is 0.391 e. The summed E-state index contributed by atoms with van der Waals surface area (Å²) in [4.78, 5) is 29.7. The third kappa shape index (κ3) is 2.46. The zero-order valence-corrected chi connectivity index (χ0v) is 8.36. The van der Waals surface area contributed by atoms with Crippen molar-refractivity contribution >= 4 is 17.4 Å². The van der Waals surface area contributed by atoms with Crippen LogP contribution in [0.2, 0.25) is 0 Å². The lowest BCUT2D eigenvalue weighted by Gasteiger charge is -2.20. The Kier molecular flexibility index (Phi) is 3.27. The average molecular weight is 211 g/mol. The predicted octanol–water partition coefficient (Wildman–Crippen LogP) is -1.34. The maximum absolute atomic E-state index is 11.2. The lowest BCUT2D eigenvalue weighted by Crippen LogP contribution is -2.35. The Balaban J connectivity index is 3.07. The minimum Gasteiger partial charge on any atom is -0.391 e. The summed E-state index contributed by atoms with van der Waals surface area (Å²) in [5, 5.41) is 0. The van der Waals surface area contributed by atoms with Gasteiger partial charge in [-0.15, -0.1) is 0 Å². The van der Waals surface area contributed by atoms with Gasteiger partial charge in [-0.05, 0) is 6.92 Å². The number of anilines is 2. The number of primary amides is 1. The SMILES string of the molecule is CCN(CC(N)=O)c1nc[nH]c(=O)c1N. The standard InChI is InChI=1S/C8H13N5O2/c1-2-13(3-5(9)14)7-6(10)8(15)12-4-11-7/h4H,2-3,10H2,1H3,(H2,9,14)(H,11,12,15). The fourth-order valence-electron chi connectivity index (χ4n) is 1.18. The molecular weight excluding hydrogens is 198 g/mol. The van der Waals surface area contributed by atoms with Gasteiger partial charge in [-0.1, -0.05) is 0 Å². The van der Waals surface area contributed by atoms with Crippen molar-refractivity contribution in [3.8, 4) is 0 Å². The molecule has 0 aromatic carbocycles. The van der Waals surface area contributed by atoms with Crippen LogP contribution in [0.5, 0.6) is 0 Å². The van der Waals surface area contributed by atoms with E-state index in [9.17, 15) is 9.59 Å². The van der Waals surface area contributed by atoms with Crippen molar-refractivity contribution in [2.24, 2.45) is 5.73 Å². The number of nitrogens with one attached hydrogen (secondary N) is 1. The predicted molar refractivity (Wildman–Crippen MR) is 56.4 cm³/mol. The molecule has 0 aliphatic carbocycles. The minimum atomic E-state index is -0.502. The first-order valence-corrected chi connectivity index (χ1v) is 4.42. The van der Waals surface area contributed by atoms with E-state index in [2.05, 4.69) is 9.97 Å². The molecule has 0 bridgehead atoms. The zero-order valence-electron chi connectivity index (χ0n) is 8.36. The molecule has 0 atom stereocenters. The Morgan fingerprint density at radius 1 is 1.67 bits per heavy atom. The number of nitrogen functional groups attached to an aromatic ring is 1. The molecule has 1 heterocycles. The van der Waals surface area contributed by atoms with E-state index in [0.29, 0.717) is 6.54 Å². The number of H-pyrrole nitrogens is 1. The minimum absolute atomic E-state index is 0.0133. The third-order valence-corrected chi connectivity index (χ3v) is 1.90. The van der Waals surface area contributed by atoms with Crippen molar-refractivity contribution < 1.29 is 4.79 Å². The number of nitrogens with zero attached hydrogens (tertiary/aromatic N) is 2. The number of amides is 1. The molecule has 82 valence electrons. The topological polar surface area (TPSA) is 118 Å². The summed E-state index contributed by atoms with van der Waals surface area (Å²) in [6.45, 7) is 2.28. The Labute approximate surface area is 86.1 Å². The van der Waals surface area contributed by atoms with E-state index in [-0.39, 0.29) is 18.1 Å². The van der Waals surface area contributed by atoms with E-state index in [4.69, 9.17) is 11.5 Å². The summed E-state index contributed by atoms with van der Waals surface area (Å²) in [5.41, 5.74) is 10.2. The molecule has 0 aliphatic rings. The Morgan fingerprint density at radius 3 is 2.87 bits per heavy atom. The van der Waals surface area contributed by atoms with Gasteiger partial charge in [-0.25, -0.2) is 4.98 Å². The maximum atomic E-state index is 11.2. The fourth-order valence-corrected chi connectivity index (χ4v) is 1.18. The number of nitrogens with two attached hydrogens (primary N) is 2. The van der Waals surface area contributed by atoms with Gasteiger partial charge in [0.05, 0.1) is 12.9 Å². The number of carbonyl (C=O) groups is 1. The summed E-state index contributed by atoms with van der Waals surface area (Å²) in [6, 6.07) is 0. The fraction of sp³-hybridized carbons (Fsp3) is 0.375. The van der Waals surface area contributed by atoms with Crippen LogP contribution in [0, 0.1) is 0 Å². The van der Waals surface area contributed by atoms with Crippen LogP contribution in [0.1, 0.15) is 6.92 Å². The van der Waals surface area contributed by atoms with Crippen LogP contribution in [-0.2, 0) is 4.79 Å². The van der Waals surface area contributed by atoms with E-state index in [1.54, 1.807) is 0 Å². The second kappa shape index (κ2) is 4.45. The first-order chi connectivity index (χ1) is 7.06. The molecule has 1 rings (SSSR count). The highest BCUT2D eigenvalue weighted by molar-refractivity contribution is 5.80. The van der Waals surface area contributed by atoms with Crippen LogP contribution in [0.4, 0.5) is 11.5 Å². The van der Waals surface area contributed by atoms with Gasteiger partial charge < -0.3 is 21.4 Å². The molecule has 7 heteroatoms. The Bertz CT molecular complexity index is 414. The van der Waals surface area contributed by atoms with Gasteiger partial charge in [0, 0.05) is 6.54 Å². The van der Waals surface area contributed by atoms with Gasteiger partial charge in [-0.2, -0.15) is 0 Å². The van der Waals surface area contributed by atoms with Crippen LogP contribution >= 0.6 is 0 Å². The quantitative estimate of drug-likeness (QED) is 0.569. The highest BCUT2D eigenvalue weighted by Crippen LogP contribution is 2.13. The van der Waals surface area contributed by atoms with Gasteiger partial charge >= 0.3 is 0 Å². The van der Waals surface area contributed by atoms with Gasteiger partial charge in [0.1, 0.15) is 5.69 Å². The molecule has 0 unspecified atom stereocenters. The summed E-state index contributed by atoms with van der Waals surface area (Å²) >= 11 is 0. The van der Waals surface area contributed by atoms with Gasteiger partial charge in [-0.3, -0.25) is 9.59 Å². The van der Waals surface area contributed by atoms with Gasteiger partial charge in [0.15, 0.2) is 5.82 Å². The molecule has 5 N–H and O–H groups in total.